The third kappa shape index (κ3) is 5.76. The van der Waals surface area contributed by atoms with Crippen molar-refractivity contribution in [2.45, 2.75) is 19.4 Å². The van der Waals surface area contributed by atoms with Gasteiger partial charge in [-0.15, -0.1) is 25.6 Å². The van der Waals surface area contributed by atoms with Gasteiger partial charge in [0.2, 0.25) is 5.91 Å². The summed E-state index contributed by atoms with van der Waals surface area (Å²) in [4.78, 5) is 16.1. The largest absolute Gasteiger partial charge is 0.334 e. The molecule has 0 aromatic carbocycles. The maximum atomic E-state index is 12.1. The highest BCUT2D eigenvalue weighted by molar-refractivity contribution is 5.85. The summed E-state index contributed by atoms with van der Waals surface area (Å²) in [6, 6.07) is 0.272. The van der Waals surface area contributed by atoms with Crippen molar-refractivity contribution in [3.05, 3.63) is 25.3 Å². The molecule has 0 spiro atoms. The molecule has 0 radical (unpaired) electrons. The normalized spacial score (nSPS) is 23.3. The topological polar surface area (TPSA) is 49.6 Å². The fraction of sp³-hybridized carbons (Fsp3) is 0.643. The maximum Gasteiger partial charge on any atom is 0.237 e. The molecule has 1 saturated heterocycles. The summed E-state index contributed by atoms with van der Waals surface area (Å²) in [5.41, 5.74) is 5.98. The van der Waals surface area contributed by atoms with E-state index >= 15 is 0 Å². The van der Waals surface area contributed by atoms with Crippen molar-refractivity contribution in [2.75, 3.05) is 32.7 Å². The first-order valence-electron chi connectivity index (χ1n) is 6.56. The molecule has 2 N–H and O–H groups in total. The number of likely N-dealkylation sites (tertiary alicyclic amines) is 1. The Morgan fingerprint density at radius 2 is 2.00 bits per heavy atom. The van der Waals surface area contributed by atoms with E-state index in [1.54, 1.807) is 17.1 Å². The van der Waals surface area contributed by atoms with Crippen LogP contribution in [0.3, 0.4) is 0 Å². The average molecular weight is 288 g/mol. The lowest BCUT2D eigenvalue weighted by Gasteiger charge is -2.35. The Kier molecular flexibility index (Phi) is 8.72. The fourth-order valence-electron chi connectivity index (χ4n) is 2.27. The molecule has 1 fully saturated rings. The third-order valence-corrected chi connectivity index (χ3v) is 3.47. The number of carbonyl (C=O) groups excluding carboxylic acids is 1. The molecule has 1 heterocycles. The van der Waals surface area contributed by atoms with Crippen molar-refractivity contribution < 1.29 is 4.79 Å². The zero-order chi connectivity index (χ0) is 13.5. The molecular weight excluding hydrogens is 262 g/mol. The Morgan fingerprint density at radius 3 is 2.47 bits per heavy atom. The van der Waals surface area contributed by atoms with E-state index in [1.165, 1.54) is 0 Å². The molecule has 1 aliphatic rings. The van der Waals surface area contributed by atoms with Crippen LogP contribution in [0.15, 0.2) is 25.3 Å². The van der Waals surface area contributed by atoms with E-state index in [0.29, 0.717) is 25.6 Å². The zero-order valence-electron chi connectivity index (χ0n) is 11.8. The van der Waals surface area contributed by atoms with Gasteiger partial charge in [-0.25, -0.2) is 0 Å². The van der Waals surface area contributed by atoms with E-state index in [0.717, 1.165) is 19.5 Å². The lowest BCUT2D eigenvalue weighted by Crippen LogP contribution is -2.49. The van der Waals surface area contributed by atoms with Gasteiger partial charge in [-0.3, -0.25) is 9.69 Å². The van der Waals surface area contributed by atoms with Gasteiger partial charge in [0.15, 0.2) is 0 Å². The Labute approximate surface area is 122 Å². The van der Waals surface area contributed by atoms with Gasteiger partial charge in [-0.05, 0) is 12.3 Å². The first kappa shape index (κ1) is 18.2. The predicted molar refractivity (Wildman–Crippen MR) is 82.4 cm³/mol. The highest BCUT2D eigenvalue weighted by Crippen LogP contribution is 2.14. The maximum absolute atomic E-state index is 12.1. The number of hydrogen-bond acceptors (Lipinski definition) is 3. The first-order chi connectivity index (χ1) is 8.58. The Hall–Kier alpha value is -0.840. The summed E-state index contributed by atoms with van der Waals surface area (Å²) in [7, 11) is 0. The molecule has 19 heavy (non-hydrogen) atoms. The number of amides is 1. The average Bonchev–Trinajstić information content (AvgIpc) is 2.33. The number of nitrogens with zero attached hydrogens (tertiary/aromatic N) is 2. The van der Waals surface area contributed by atoms with E-state index in [4.69, 9.17) is 5.73 Å². The summed E-state index contributed by atoms with van der Waals surface area (Å²) in [6.45, 7) is 12.9. The van der Waals surface area contributed by atoms with Crippen molar-refractivity contribution >= 4 is 18.3 Å². The zero-order valence-corrected chi connectivity index (χ0v) is 12.6. The number of piperidine rings is 1. The second-order valence-corrected chi connectivity index (χ2v) is 5.04. The van der Waals surface area contributed by atoms with Crippen LogP contribution in [0.4, 0.5) is 0 Å². The number of hydrogen-bond donors (Lipinski definition) is 1. The van der Waals surface area contributed by atoms with E-state index < -0.39 is 0 Å². The van der Waals surface area contributed by atoms with Gasteiger partial charge in [0, 0.05) is 32.2 Å². The SMILES string of the molecule is C=CCN(CC=C)C(=O)CN1CCC(N)C(C)C1.Cl. The van der Waals surface area contributed by atoms with Crippen molar-refractivity contribution in [3.8, 4) is 0 Å². The summed E-state index contributed by atoms with van der Waals surface area (Å²) in [6.07, 6.45) is 4.46. The van der Waals surface area contributed by atoms with E-state index in [9.17, 15) is 4.79 Å². The fourth-order valence-corrected chi connectivity index (χ4v) is 2.27. The number of halogens is 1. The molecule has 0 aliphatic carbocycles. The molecule has 0 bridgehead atoms. The lowest BCUT2D eigenvalue weighted by atomic mass is 9.95. The van der Waals surface area contributed by atoms with Crippen molar-refractivity contribution in [1.82, 2.24) is 9.80 Å². The quantitative estimate of drug-likeness (QED) is 0.749. The van der Waals surface area contributed by atoms with Gasteiger partial charge in [0.05, 0.1) is 6.54 Å². The van der Waals surface area contributed by atoms with Gasteiger partial charge in [-0.2, -0.15) is 0 Å². The van der Waals surface area contributed by atoms with Gasteiger partial charge in [-0.1, -0.05) is 19.1 Å². The van der Waals surface area contributed by atoms with Crippen molar-refractivity contribution in [3.63, 3.8) is 0 Å². The van der Waals surface area contributed by atoms with E-state index in [-0.39, 0.29) is 24.4 Å². The van der Waals surface area contributed by atoms with Crippen LogP contribution in [0.2, 0.25) is 0 Å². The summed E-state index contributed by atoms with van der Waals surface area (Å²) in [5, 5.41) is 0. The van der Waals surface area contributed by atoms with Crippen molar-refractivity contribution in [2.24, 2.45) is 11.7 Å². The second-order valence-electron chi connectivity index (χ2n) is 5.04. The van der Waals surface area contributed by atoms with Crippen LogP contribution < -0.4 is 5.73 Å². The second kappa shape index (κ2) is 9.13. The van der Waals surface area contributed by atoms with Crippen LogP contribution in [-0.4, -0.2) is 54.5 Å². The highest BCUT2D eigenvalue weighted by atomic mass is 35.5. The van der Waals surface area contributed by atoms with Crippen LogP contribution in [0.5, 0.6) is 0 Å². The molecule has 2 atom stereocenters. The minimum Gasteiger partial charge on any atom is -0.334 e. The van der Waals surface area contributed by atoms with E-state index in [2.05, 4.69) is 25.0 Å². The standard InChI is InChI=1S/C14H25N3O.ClH/c1-4-7-17(8-5-2)14(18)11-16-9-6-13(15)12(3)10-16;/h4-5,12-13H,1-2,6-11,15H2,3H3;1H. The van der Waals surface area contributed by atoms with Crippen LogP contribution in [0.25, 0.3) is 0 Å². The van der Waals surface area contributed by atoms with Crippen LogP contribution >= 0.6 is 12.4 Å². The molecule has 0 saturated carbocycles. The highest BCUT2D eigenvalue weighted by Gasteiger charge is 2.25. The lowest BCUT2D eigenvalue weighted by molar-refractivity contribution is -0.131. The Morgan fingerprint density at radius 1 is 1.42 bits per heavy atom. The molecule has 4 nitrogen and oxygen atoms in total. The van der Waals surface area contributed by atoms with E-state index in [1.807, 2.05) is 0 Å². The Balaban J connectivity index is 0.00000324. The molecule has 1 rings (SSSR count). The van der Waals surface area contributed by atoms with Gasteiger partial charge >= 0.3 is 0 Å². The third-order valence-electron chi connectivity index (χ3n) is 3.47. The number of rotatable bonds is 6. The Bertz CT molecular complexity index is 299. The predicted octanol–water partition coefficient (Wildman–Crippen LogP) is 1.28. The summed E-state index contributed by atoms with van der Waals surface area (Å²) in [5.74, 6) is 0.594. The minimum absolute atomic E-state index is 0. The van der Waals surface area contributed by atoms with Crippen LogP contribution in [-0.2, 0) is 4.79 Å². The molecule has 0 aromatic rings. The van der Waals surface area contributed by atoms with Crippen molar-refractivity contribution in [1.29, 1.82) is 0 Å². The number of nitrogens with two attached hydrogens (primary N) is 1. The molecule has 110 valence electrons. The minimum atomic E-state index is 0. The molecule has 1 aliphatic heterocycles. The van der Waals surface area contributed by atoms with Crippen LogP contribution in [0.1, 0.15) is 13.3 Å². The molecular formula is C14H26ClN3O. The van der Waals surface area contributed by atoms with Gasteiger partial charge in [0.1, 0.15) is 0 Å². The molecule has 2 unspecified atom stereocenters. The van der Waals surface area contributed by atoms with Gasteiger partial charge < -0.3 is 10.6 Å². The number of carbonyl (C=O) groups is 1. The van der Waals surface area contributed by atoms with Gasteiger partial charge in [0.25, 0.3) is 0 Å². The smallest absolute Gasteiger partial charge is 0.237 e. The first-order valence-corrected chi connectivity index (χ1v) is 6.56. The summed E-state index contributed by atoms with van der Waals surface area (Å²) >= 11 is 0. The molecule has 5 heteroatoms. The molecule has 0 aromatic heterocycles. The summed E-state index contributed by atoms with van der Waals surface area (Å²) < 4.78 is 0. The molecule has 1 amide bonds. The monoisotopic (exact) mass is 287 g/mol. The van der Waals surface area contributed by atoms with Crippen LogP contribution in [0, 0.1) is 5.92 Å².